The summed E-state index contributed by atoms with van der Waals surface area (Å²) >= 11 is 5.79. The van der Waals surface area contributed by atoms with Crippen LogP contribution in [0.5, 0.6) is 0 Å². The Morgan fingerprint density at radius 3 is 2.76 bits per heavy atom. The molecule has 0 aliphatic rings. The number of hydrogen-bond donors (Lipinski definition) is 2. The normalized spacial score (nSPS) is 11.8. The van der Waals surface area contributed by atoms with Gasteiger partial charge in [-0.25, -0.2) is 17.5 Å². The van der Waals surface area contributed by atoms with Crippen LogP contribution in [0.3, 0.4) is 0 Å². The Bertz CT molecular complexity index is 717. The van der Waals surface area contributed by atoms with Gasteiger partial charge in [0, 0.05) is 30.1 Å². The number of nitrogens with one attached hydrogen (secondary N) is 1. The first-order valence-corrected chi connectivity index (χ1v) is 8.00. The van der Waals surface area contributed by atoms with E-state index < -0.39 is 20.7 Å². The summed E-state index contributed by atoms with van der Waals surface area (Å²) in [6, 6.07) is 5.79. The average Bonchev–Trinajstić information content (AvgIpc) is 2.93. The van der Waals surface area contributed by atoms with Crippen LogP contribution in [-0.4, -0.2) is 15.0 Å². The Balaban J connectivity index is 2.17. The molecule has 114 valence electrons. The van der Waals surface area contributed by atoms with Gasteiger partial charge in [0.05, 0.1) is 6.26 Å². The molecule has 2 aromatic rings. The van der Waals surface area contributed by atoms with E-state index in [-0.39, 0.29) is 23.7 Å². The molecule has 0 unspecified atom stereocenters. The Hall–Kier alpha value is -1.41. The van der Waals surface area contributed by atoms with Crippen molar-refractivity contribution in [1.29, 1.82) is 0 Å². The molecule has 0 radical (unpaired) electrons. The fourth-order valence-corrected chi connectivity index (χ4v) is 3.28. The average molecular weight is 333 g/mol. The first-order valence-electron chi connectivity index (χ1n) is 6.14. The Labute approximate surface area is 126 Å². The fraction of sp³-hybridized carbons (Fsp3) is 0.231. The predicted molar refractivity (Wildman–Crippen MR) is 76.9 cm³/mol. The summed E-state index contributed by atoms with van der Waals surface area (Å²) < 4.78 is 45.7. The molecule has 0 atom stereocenters. The molecular weight excluding hydrogens is 319 g/mol. The lowest BCUT2D eigenvalue weighted by Gasteiger charge is -2.10. The van der Waals surface area contributed by atoms with Crippen LogP contribution in [0.15, 0.2) is 39.8 Å². The second-order valence-corrected chi connectivity index (χ2v) is 6.48. The van der Waals surface area contributed by atoms with Gasteiger partial charge in [-0.3, -0.25) is 0 Å². The first kappa shape index (κ1) is 16.0. The summed E-state index contributed by atoms with van der Waals surface area (Å²) in [6.07, 6.45) is 1.85. The van der Waals surface area contributed by atoms with E-state index in [2.05, 4.69) is 4.72 Å². The SMILES string of the molecule is NCc1cc(Cl)cc(S(=O)(=O)NCCc2ccco2)c1F. The maximum atomic E-state index is 14.1. The van der Waals surface area contributed by atoms with Gasteiger partial charge in [0.25, 0.3) is 0 Å². The molecule has 21 heavy (non-hydrogen) atoms. The number of rotatable bonds is 6. The molecule has 0 spiro atoms. The summed E-state index contributed by atoms with van der Waals surface area (Å²) in [5, 5.41) is 0.114. The number of furan rings is 1. The molecule has 3 N–H and O–H groups in total. The highest BCUT2D eigenvalue weighted by Gasteiger charge is 2.21. The van der Waals surface area contributed by atoms with Crippen LogP contribution in [0.25, 0.3) is 0 Å². The van der Waals surface area contributed by atoms with Crippen molar-refractivity contribution in [2.24, 2.45) is 5.73 Å². The van der Waals surface area contributed by atoms with Crippen LogP contribution in [-0.2, 0) is 23.0 Å². The highest BCUT2D eigenvalue weighted by Crippen LogP contribution is 2.23. The Kier molecular flexibility index (Phi) is 5.00. The minimum Gasteiger partial charge on any atom is -0.469 e. The lowest BCUT2D eigenvalue weighted by molar-refractivity contribution is 0.505. The van der Waals surface area contributed by atoms with E-state index in [0.29, 0.717) is 12.2 Å². The van der Waals surface area contributed by atoms with Crippen LogP contribution >= 0.6 is 11.6 Å². The standard InChI is InChI=1S/C13H14ClFN2O3S/c14-10-6-9(8-16)13(15)12(7-10)21(18,19)17-4-3-11-2-1-5-20-11/h1-2,5-7,17H,3-4,8,16H2. The smallest absolute Gasteiger partial charge is 0.243 e. The molecule has 0 saturated heterocycles. The molecule has 0 fully saturated rings. The van der Waals surface area contributed by atoms with Gasteiger partial charge in [0.15, 0.2) is 0 Å². The minimum atomic E-state index is -4.01. The molecule has 0 saturated carbocycles. The summed E-state index contributed by atoms with van der Waals surface area (Å²) in [4.78, 5) is -0.505. The Morgan fingerprint density at radius 1 is 1.38 bits per heavy atom. The van der Waals surface area contributed by atoms with Gasteiger partial charge in [0.2, 0.25) is 10.0 Å². The van der Waals surface area contributed by atoms with Crippen molar-refractivity contribution in [3.8, 4) is 0 Å². The Morgan fingerprint density at radius 2 is 2.14 bits per heavy atom. The van der Waals surface area contributed by atoms with Crippen molar-refractivity contribution in [3.63, 3.8) is 0 Å². The molecule has 1 heterocycles. The summed E-state index contributed by atoms with van der Waals surface area (Å²) in [5.41, 5.74) is 5.42. The molecule has 2 rings (SSSR count). The highest BCUT2D eigenvalue weighted by atomic mass is 35.5. The summed E-state index contributed by atoms with van der Waals surface area (Å²) in [6.45, 7) is -0.0545. The molecule has 0 bridgehead atoms. The number of nitrogens with two attached hydrogens (primary N) is 1. The third kappa shape index (κ3) is 3.82. The lowest BCUT2D eigenvalue weighted by atomic mass is 10.2. The van der Waals surface area contributed by atoms with Crippen molar-refractivity contribution in [2.45, 2.75) is 17.9 Å². The van der Waals surface area contributed by atoms with Crippen LogP contribution in [0, 0.1) is 5.82 Å². The van der Waals surface area contributed by atoms with Gasteiger partial charge < -0.3 is 10.2 Å². The van der Waals surface area contributed by atoms with E-state index in [1.54, 1.807) is 12.1 Å². The van der Waals surface area contributed by atoms with Crippen molar-refractivity contribution >= 4 is 21.6 Å². The van der Waals surface area contributed by atoms with Crippen molar-refractivity contribution in [1.82, 2.24) is 4.72 Å². The zero-order chi connectivity index (χ0) is 15.5. The van der Waals surface area contributed by atoms with Crippen molar-refractivity contribution in [3.05, 3.63) is 52.7 Å². The minimum absolute atomic E-state index is 0.0499. The van der Waals surface area contributed by atoms with Crippen molar-refractivity contribution < 1.29 is 17.2 Å². The fourth-order valence-electron chi connectivity index (χ4n) is 1.80. The van der Waals surface area contributed by atoms with Gasteiger partial charge in [-0.1, -0.05) is 11.6 Å². The maximum Gasteiger partial charge on any atom is 0.243 e. The monoisotopic (exact) mass is 332 g/mol. The predicted octanol–water partition coefficient (Wildman–Crippen LogP) is 2.05. The third-order valence-electron chi connectivity index (χ3n) is 2.83. The lowest BCUT2D eigenvalue weighted by Crippen LogP contribution is -2.27. The molecular formula is C13H14ClFN2O3S. The van der Waals surface area contributed by atoms with Gasteiger partial charge >= 0.3 is 0 Å². The summed E-state index contributed by atoms with van der Waals surface area (Å²) in [5.74, 6) is -0.251. The van der Waals surface area contributed by atoms with E-state index >= 15 is 0 Å². The van der Waals surface area contributed by atoms with Crippen LogP contribution in [0.2, 0.25) is 5.02 Å². The molecule has 8 heteroatoms. The third-order valence-corrected chi connectivity index (χ3v) is 4.51. The van der Waals surface area contributed by atoms with E-state index in [0.717, 1.165) is 6.07 Å². The molecule has 0 aliphatic carbocycles. The second-order valence-electron chi connectivity index (χ2n) is 4.31. The van der Waals surface area contributed by atoms with E-state index in [4.69, 9.17) is 21.8 Å². The molecule has 1 aromatic carbocycles. The number of benzene rings is 1. The zero-order valence-corrected chi connectivity index (χ0v) is 12.5. The molecule has 5 nitrogen and oxygen atoms in total. The summed E-state index contributed by atoms with van der Waals surface area (Å²) in [7, 11) is -4.01. The van der Waals surface area contributed by atoms with Crippen molar-refractivity contribution in [2.75, 3.05) is 6.54 Å². The highest BCUT2D eigenvalue weighted by molar-refractivity contribution is 7.89. The number of halogens is 2. The zero-order valence-electron chi connectivity index (χ0n) is 11.0. The molecule has 0 amide bonds. The van der Waals surface area contributed by atoms with E-state index in [1.165, 1.54) is 12.3 Å². The maximum absolute atomic E-state index is 14.1. The van der Waals surface area contributed by atoms with E-state index in [1.807, 2.05) is 0 Å². The van der Waals surface area contributed by atoms with Crippen LogP contribution in [0.1, 0.15) is 11.3 Å². The van der Waals surface area contributed by atoms with Gasteiger partial charge in [-0.15, -0.1) is 0 Å². The van der Waals surface area contributed by atoms with E-state index in [9.17, 15) is 12.8 Å². The van der Waals surface area contributed by atoms with Gasteiger partial charge in [-0.05, 0) is 24.3 Å². The largest absolute Gasteiger partial charge is 0.469 e. The molecule has 0 aliphatic heterocycles. The number of sulfonamides is 1. The quantitative estimate of drug-likeness (QED) is 0.847. The first-order chi connectivity index (χ1) is 9.94. The second kappa shape index (κ2) is 6.57. The number of hydrogen-bond acceptors (Lipinski definition) is 4. The van der Waals surface area contributed by atoms with Crippen LogP contribution < -0.4 is 10.5 Å². The van der Waals surface area contributed by atoms with Gasteiger partial charge in [0.1, 0.15) is 16.5 Å². The van der Waals surface area contributed by atoms with Gasteiger partial charge in [-0.2, -0.15) is 0 Å². The topological polar surface area (TPSA) is 85.3 Å². The van der Waals surface area contributed by atoms with Crippen LogP contribution in [0.4, 0.5) is 4.39 Å². The molecule has 1 aromatic heterocycles.